The largest absolute Gasteiger partial charge is 0.327 e. The first kappa shape index (κ1) is 19.2. The van der Waals surface area contributed by atoms with Crippen molar-refractivity contribution in [2.24, 2.45) is 0 Å². The molecule has 1 aliphatic heterocycles. The molecule has 1 saturated heterocycles. The molecule has 3 rings (SSSR count). The van der Waals surface area contributed by atoms with Crippen LogP contribution in [0.2, 0.25) is 0 Å². The van der Waals surface area contributed by atoms with Crippen LogP contribution >= 0.6 is 0 Å². The zero-order valence-corrected chi connectivity index (χ0v) is 16.4. The lowest BCUT2D eigenvalue weighted by Crippen LogP contribution is -2.50. The van der Waals surface area contributed by atoms with E-state index in [1.54, 1.807) is 17.0 Å². The number of piperidine rings is 1. The van der Waals surface area contributed by atoms with Gasteiger partial charge in [0.15, 0.2) is 0 Å². The van der Waals surface area contributed by atoms with Crippen molar-refractivity contribution in [1.29, 1.82) is 0 Å². The van der Waals surface area contributed by atoms with Crippen molar-refractivity contribution in [3.8, 4) is 0 Å². The van der Waals surface area contributed by atoms with Gasteiger partial charge in [0.1, 0.15) is 6.04 Å². The lowest BCUT2D eigenvalue weighted by atomic mass is 9.87. The number of likely N-dealkylation sites (tertiary alicyclic amines) is 1. The zero-order chi connectivity index (χ0) is 19.4. The van der Waals surface area contributed by atoms with Gasteiger partial charge in [-0.2, -0.15) is 0 Å². The lowest BCUT2D eigenvalue weighted by molar-refractivity contribution is -0.121. The Labute approximate surface area is 161 Å². The summed E-state index contributed by atoms with van der Waals surface area (Å²) in [6.07, 6.45) is 2.59. The van der Waals surface area contributed by atoms with E-state index in [0.29, 0.717) is 18.5 Å². The van der Waals surface area contributed by atoms with Crippen molar-refractivity contribution in [2.75, 3.05) is 11.9 Å². The monoisotopic (exact) mass is 364 g/mol. The molecule has 0 saturated carbocycles. The second-order valence-corrected chi connectivity index (χ2v) is 8.19. The summed E-state index contributed by atoms with van der Waals surface area (Å²) in [5.41, 5.74) is 2.70. The number of hydrogen-bond donors (Lipinski definition) is 1. The Morgan fingerprint density at radius 1 is 0.963 bits per heavy atom. The summed E-state index contributed by atoms with van der Waals surface area (Å²) in [5.74, 6) is -0.180. The molecule has 0 spiro atoms. The van der Waals surface area contributed by atoms with Crippen molar-refractivity contribution in [3.05, 3.63) is 65.7 Å². The van der Waals surface area contributed by atoms with E-state index in [2.05, 4.69) is 26.1 Å². The normalized spacial score (nSPS) is 17.4. The Bertz CT molecular complexity index is 791. The maximum atomic E-state index is 12.9. The molecule has 4 nitrogen and oxygen atoms in total. The summed E-state index contributed by atoms with van der Waals surface area (Å²) in [6, 6.07) is 16.7. The Kier molecular flexibility index (Phi) is 5.64. The number of amides is 2. The molecule has 1 aliphatic rings. The van der Waals surface area contributed by atoms with Crippen LogP contribution in [0.3, 0.4) is 0 Å². The van der Waals surface area contributed by atoms with Gasteiger partial charge in [0.2, 0.25) is 5.91 Å². The maximum Gasteiger partial charge on any atom is 0.254 e. The van der Waals surface area contributed by atoms with E-state index >= 15 is 0 Å². The van der Waals surface area contributed by atoms with Crippen LogP contribution in [0, 0.1) is 0 Å². The predicted molar refractivity (Wildman–Crippen MR) is 109 cm³/mol. The Morgan fingerprint density at radius 3 is 2.26 bits per heavy atom. The molecule has 2 amide bonds. The van der Waals surface area contributed by atoms with Gasteiger partial charge in [-0.1, -0.05) is 51.1 Å². The molecular weight excluding hydrogens is 336 g/mol. The number of rotatable bonds is 3. The molecule has 0 unspecified atom stereocenters. The van der Waals surface area contributed by atoms with Crippen LogP contribution < -0.4 is 5.32 Å². The molecule has 4 heteroatoms. The van der Waals surface area contributed by atoms with E-state index in [4.69, 9.17) is 0 Å². The van der Waals surface area contributed by atoms with Crippen molar-refractivity contribution >= 4 is 17.5 Å². The molecular formula is C23H28N2O2. The van der Waals surface area contributed by atoms with Crippen LogP contribution in [0.15, 0.2) is 54.6 Å². The highest BCUT2D eigenvalue weighted by molar-refractivity contribution is 6.01. The van der Waals surface area contributed by atoms with E-state index < -0.39 is 6.04 Å². The fourth-order valence-electron chi connectivity index (χ4n) is 3.47. The van der Waals surface area contributed by atoms with Gasteiger partial charge in [-0.3, -0.25) is 9.59 Å². The van der Waals surface area contributed by atoms with E-state index in [1.165, 1.54) is 5.56 Å². The molecule has 0 bridgehead atoms. The number of anilines is 1. The number of hydrogen-bond acceptors (Lipinski definition) is 2. The average molecular weight is 364 g/mol. The minimum Gasteiger partial charge on any atom is -0.327 e. The first-order valence-electron chi connectivity index (χ1n) is 9.64. The first-order valence-corrected chi connectivity index (χ1v) is 9.64. The van der Waals surface area contributed by atoms with Gasteiger partial charge in [0.05, 0.1) is 0 Å². The minimum absolute atomic E-state index is 0.0708. The summed E-state index contributed by atoms with van der Waals surface area (Å²) in [7, 11) is 0. The molecule has 0 aromatic heterocycles. The van der Waals surface area contributed by atoms with Crippen molar-refractivity contribution in [1.82, 2.24) is 4.90 Å². The van der Waals surface area contributed by atoms with Gasteiger partial charge in [-0.25, -0.2) is 0 Å². The molecule has 0 aliphatic carbocycles. The number of nitrogens with zero attached hydrogens (tertiary/aromatic N) is 1. The van der Waals surface area contributed by atoms with Gasteiger partial charge in [-0.15, -0.1) is 0 Å². The summed E-state index contributed by atoms with van der Waals surface area (Å²) in [4.78, 5) is 27.5. The Balaban J connectivity index is 1.73. The Morgan fingerprint density at radius 2 is 1.63 bits per heavy atom. The second kappa shape index (κ2) is 7.95. The van der Waals surface area contributed by atoms with Gasteiger partial charge < -0.3 is 10.2 Å². The lowest BCUT2D eigenvalue weighted by Gasteiger charge is -2.34. The topological polar surface area (TPSA) is 49.4 Å². The van der Waals surface area contributed by atoms with Crippen LogP contribution in [0.1, 0.15) is 56.0 Å². The highest BCUT2D eigenvalue weighted by Crippen LogP contribution is 2.25. The molecule has 2 aromatic rings. The highest BCUT2D eigenvalue weighted by Gasteiger charge is 2.32. The molecule has 27 heavy (non-hydrogen) atoms. The quantitative estimate of drug-likeness (QED) is 0.864. The zero-order valence-electron chi connectivity index (χ0n) is 16.4. The average Bonchev–Trinajstić information content (AvgIpc) is 2.68. The number of carbonyl (C=O) groups excluding carboxylic acids is 2. The Hall–Kier alpha value is -2.62. The minimum atomic E-state index is -0.422. The van der Waals surface area contributed by atoms with Gasteiger partial charge in [0.25, 0.3) is 5.91 Å². The predicted octanol–water partition coefficient (Wildman–Crippen LogP) is 4.62. The van der Waals surface area contributed by atoms with E-state index in [9.17, 15) is 9.59 Å². The van der Waals surface area contributed by atoms with Gasteiger partial charge >= 0.3 is 0 Å². The number of nitrogens with one attached hydrogen (secondary N) is 1. The smallest absolute Gasteiger partial charge is 0.254 e. The van der Waals surface area contributed by atoms with Crippen LogP contribution in [0.4, 0.5) is 5.69 Å². The summed E-state index contributed by atoms with van der Waals surface area (Å²) >= 11 is 0. The van der Waals surface area contributed by atoms with E-state index in [-0.39, 0.29) is 17.2 Å². The third-order valence-corrected chi connectivity index (χ3v) is 5.11. The second-order valence-electron chi connectivity index (χ2n) is 8.19. The summed E-state index contributed by atoms with van der Waals surface area (Å²) < 4.78 is 0. The van der Waals surface area contributed by atoms with Crippen molar-refractivity contribution in [2.45, 2.75) is 51.5 Å². The molecule has 1 atom stereocenters. The summed E-state index contributed by atoms with van der Waals surface area (Å²) in [5, 5.41) is 2.99. The fourth-order valence-corrected chi connectivity index (χ4v) is 3.47. The van der Waals surface area contributed by atoms with Gasteiger partial charge in [-0.05, 0) is 54.5 Å². The van der Waals surface area contributed by atoms with Crippen LogP contribution in [0.5, 0.6) is 0 Å². The third kappa shape index (κ3) is 4.57. The number of carbonyl (C=O) groups is 2. The van der Waals surface area contributed by atoms with Gasteiger partial charge in [0, 0.05) is 17.8 Å². The fraction of sp³-hybridized carbons (Fsp3) is 0.391. The first-order chi connectivity index (χ1) is 12.9. The molecule has 1 heterocycles. The van der Waals surface area contributed by atoms with E-state index in [0.717, 1.165) is 18.5 Å². The molecule has 2 aromatic carbocycles. The van der Waals surface area contributed by atoms with Crippen LogP contribution in [0.25, 0.3) is 0 Å². The molecule has 142 valence electrons. The molecule has 0 radical (unpaired) electrons. The standard InChI is InChI=1S/C23H28N2O2/c1-23(2,3)18-12-14-19(15-13-18)24-21(26)20-11-7-8-16-25(20)22(27)17-9-5-4-6-10-17/h4-6,9-10,12-15,20H,7-8,11,16H2,1-3H3,(H,24,26)/t20-/m1/s1. The van der Waals surface area contributed by atoms with Crippen molar-refractivity contribution < 1.29 is 9.59 Å². The van der Waals surface area contributed by atoms with Crippen LogP contribution in [-0.2, 0) is 10.2 Å². The third-order valence-electron chi connectivity index (χ3n) is 5.11. The maximum absolute atomic E-state index is 12.9. The number of benzene rings is 2. The molecule has 1 fully saturated rings. The highest BCUT2D eigenvalue weighted by atomic mass is 16.2. The molecule has 1 N–H and O–H groups in total. The van der Waals surface area contributed by atoms with Crippen LogP contribution in [-0.4, -0.2) is 29.3 Å². The summed E-state index contributed by atoms with van der Waals surface area (Å²) in [6.45, 7) is 7.11. The van der Waals surface area contributed by atoms with Crippen molar-refractivity contribution in [3.63, 3.8) is 0 Å². The van der Waals surface area contributed by atoms with E-state index in [1.807, 2.05) is 42.5 Å². The SMILES string of the molecule is CC(C)(C)c1ccc(NC(=O)[C@H]2CCCCN2C(=O)c2ccccc2)cc1.